The molecule has 0 bridgehead atoms. The molecule has 0 aliphatic carbocycles. The number of aromatic nitrogens is 1. The van der Waals surface area contributed by atoms with E-state index in [9.17, 15) is 13.6 Å². The van der Waals surface area contributed by atoms with Gasteiger partial charge in [-0.05, 0) is 49.6 Å². The molecule has 1 aliphatic rings. The second-order valence-corrected chi connectivity index (χ2v) is 6.50. The Kier molecular flexibility index (Phi) is 7.04. The highest BCUT2D eigenvalue weighted by Gasteiger charge is 2.14. The molecule has 1 fully saturated rings. The van der Waals surface area contributed by atoms with Gasteiger partial charge in [-0.1, -0.05) is 6.07 Å². The van der Waals surface area contributed by atoms with Crippen LogP contribution < -0.4 is 25.0 Å². The zero-order valence-electron chi connectivity index (χ0n) is 16.2. The lowest BCUT2D eigenvalue weighted by Gasteiger charge is -2.16. The number of carbonyl (C=O) groups excluding carboxylic acids is 1. The van der Waals surface area contributed by atoms with Crippen molar-refractivity contribution in [1.29, 1.82) is 0 Å². The number of halogens is 2. The average Bonchev–Trinajstić information content (AvgIpc) is 3.23. The number of alkyl halides is 2. The van der Waals surface area contributed by atoms with Crippen molar-refractivity contribution in [2.75, 3.05) is 29.9 Å². The Morgan fingerprint density at radius 1 is 1.21 bits per heavy atom. The van der Waals surface area contributed by atoms with Crippen LogP contribution >= 0.6 is 0 Å². The highest BCUT2D eigenvalue weighted by molar-refractivity contribution is 5.89. The third kappa shape index (κ3) is 5.94. The molecule has 2 aromatic rings. The van der Waals surface area contributed by atoms with Gasteiger partial charge in [-0.3, -0.25) is 0 Å². The van der Waals surface area contributed by atoms with Crippen LogP contribution in [0.2, 0.25) is 0 Å². The van der Waals surface area contributed by atoms with E-state index in [1.165, 1.54) is 18.9 Å². The third-order valence-electron chi connectivity index (χ3n) is 4.41. The van der Waals surface area contributed by atoms with Crippen LogP contribution in [0.1, 0.15) is 25.3 Å². The van der Waals surface area contributed by atoms with Crippen LogP contribution in [0.3, 0.4) is 0 Å². The predicted molar refractivity (Wildman–Crippen MR) is 106 cm³/mol. The molecular weight excluding hydrogens is 382 g/mol. The van der Waals surface area contributed by atoms with Crippen molar-refractivity contribution in [2.24, 2.45) is 0 Å². The fraction of sp³-hybridized carbons (Fsp3) is 0.400. The molecule has 2 heterocycles. The summed E-state index contributed by atoms with van der Waals surface area (Å²) in [4.78, 5) is 18.7. The molecule has 1 aromatic carbocycles. The summed E-state index contributed by atoms with van der Waals surface area (Å²) in [7, 11) is 0. The molecule has 156 valence electrons. The average molecular weight is 406 g/mol. The fourth-order valence-corrected chi connectivity index (χ4v) is 3.07. The topological polar surface area (TPSA) is 75.7 Å². The maximum Gasteiger partial charge on any atom is 0.387 e. The summed E-state index contributed by atoms with van der Waals surface area (Å²) >= 11 is 0. The Morgan fingerprint density at radius 2 is 2.00 bits per heavy atom. The Labute approximate surface area is 168 Å². The molecule has 29 heavy (non-hydrogen) atoms. The Bertz CT molecular complexity index is 812. The van der Waals surface area contributed by atoms with Gasteiger partial charge in [-0.15, -0.1) is 0 Å². The van der Waals surface area contributed by atoms with Crippen LogP contribution in [0.5, 0.6) is 11.5 Å². The van der Waals surface area contributed by atoms with Gasteiger partial charge in [0.15, 0.2) is 11.5 Å². The van der Waals surface area contributed by atoms with E-state index in [0.29, 0.717) is 17.9 Å². The normalized spacial score (nSPS) is 13.4. The lowest BCUT2D eigenvalue weighted by molar-refractivity contribution is -0.0514. The first-order valence-electron chi connectivity index (χ1n) is 9.51. The van der Waals surface area contributed by atoms with Crippen molar-refractivity contribution in [3.63, 3.8) is 0 Å². The number of rotatable bonds is 8. The maximum atomic E-state index is 12.5. The molecule has 1 aromatic heterocycles. The molecule has 2 N–H and O–H groups in total. The SMILES string of the molecule is CCOc1cc(CNC(=O)Nc2ccc(N3CCCC3)nc2)ccc1OC(F)F. The van der Waals surface area contributed by atoms with Crippen LogP contribution in [-0.2, 0) is 6.54 Å². The molecular formula is C20H24F2N4O3. The van der Waals surface area contributed by atoms with Crippen molar-refractivity contribution >= 4 is 17.5 Å². The summed E-state index contributed by atoms with van der Waals surface area (Å²) in [5.74, 6) is 1.07. The second-order valence-electron chi connectivity index (χ2n) is 6.50. The van der Waals surface area contributed by atoms with Gasteiger partial charge in [0.05, 0.1) is 18.5 Å². The van der Waals surface area contributed by atoms with E-state index >= 15 is 0 Å². The summed E-state index contributed by atoms with van der Waals surface area (Å²) in [6.07, 6.45) is 3.96. The number of urea groups is 1. The number of carbonyl (C=O) groups is 1. The van der Waals surface area contributed by atoms with E-state index in [2.05, 4.69) is 25.3 Å². The number of nitrogens with one attached hydrogen (secondary N) is 2. The van der Waals surface area contributed by atoms with Crippen molar-refractivity contribution in [2.45, 2.75) is 32.9 Å². The van der Waals surface area contributed by atoms with E-state index in [4.69, 9.17) is 4.74 Å². The maximum absolute atomic E-state index is 12.5. The number of hydrogen-bond acceptors (Lipinski definition) is 5. The van der Waals surface area contributed by atoms with Gasteiger partial charge in [0.2, 0.25) is 0 Å². The number of nitrogens with zero attached hydrogens (tertiary/aromatic N) is 2. The first-order valence-corrected chi connectivity index (χ1v) is 9.51. The van der Waals surface area contributed by atoms with Crippen molar-refractivity contribution < 1.29 is 23.0 Å². The van der Waals surface area contributed by atoms with Gasteiger partial charge in [0.25, 0.3) is 0 Å². The molecule has 0 unspecified atom stereocenters. The molecule has 1 aliphatic heterocycles. The first kappa shape index (κ1) is 20.6. The lowest BCUT2D eigenvalue weighted by Crippen LogP contribution is -2.28. The smallest absolute Gasteiger partial charge is 0.387 e. The fourth-order valence-electron chi connectivity index (χ4n) is 3.07. The van der Waals surface area contributed by atoms with E-state index in [1.54, 1.807) is 25.3 Å². The van der Waals surface area contributed by atoms with Gasteiger partial charge in [-0.25, -0.2) is 9.78 Å². The summed E-state index contributed by atoms with van der Waals surface area (Å²) in [5, 5.41) is 5.44. The van der Waals surface area contributed by atoms with Gasteiger partial charge >= 0.3 is 12.6 Å². The van der Waals surface area contributed by atoms with E-state index in [1.807, 2.05) is 12.1 Å². The highest BCUT2D eigenvalue weighted by Crippen LogP contribution is 2.30. The Balaban J connectivity index is 1.53. The number of amides is 2. The van der Waals surface area contributed by atoms with Crippen LogP contribution in [0, 0.1) is 0 Å². The number of benzene rings is 1. The van der Waals surface area contributed by atoms with E-state index in [0.717, 1.165) is 18.9 Å². The molecule has 0 saturated carbocycles. The Morgan fingerprint density at radius 3 is 2.66 bits per heavy atom. The molecule has 3 rings (SSSR count). The molecule has 0 atom stereocenters. The standard InChI is InChI=1S/C20H24F2N4O3/c1-2-28-17-11-14(5-7-16(17)29-19(21)22)12-24-20(27)25-15-6-8-18(23-13-15)26-9-3-4-10-26/h5-8,11,13,19H,2-4,9-10,12H2,1H3,(H2,24,25,27). The predicted octanol–water partition coefficient (Wildman–Crippen LogP) is 4.00. The Hall–Kier alpha value is -3.10. The van der Waals surface area contributed by atoms with Crippen molar-refractivity contribution in [3.05, 3.63) is 42.1 Å². The summed E-state index contributed by atoms with van der Waals surface area (Å²) in [6, 6.07) is 7.85. The lowest BCUT2D eigenvalue weighted by atomic mass is 10.2. The minimum Gasteiger partial charge on any atom is -0.490 e. The number of ether oxygens (including phenoxy) is 2. The minimum atomic E-state index is -2.94. The highest BCUT2D eigenvalue weighted by atomic mass is 19.3. The number of hydrogen-bond donors (Lipinski definition) is 2. The quantitative estimate of drug-likeness (QED) is 0.693. The van der Waals surface area contributed by atoms with Crippen LogP contribution in [-0.4, -0.2) is 37.3 Å². The number of pyridine rings is 1. The van der Waals surface area contributed by atoms with Crippen molar-refractivity contribution in [3.8, 4) is 11.5 Å². The second kappa shape index (κ2) is 9.90. The van der Waals surface area contributed by atoms with Gasteiger partial charge in [-0.2, -0.15) is 8.78 Å². The summed E-state index contributed by atoms with van der Waals surface area (Å²) in [6.45, 7) is 1.32. The van der Waals surface area contributed by atoms with Gasteiger partial charge in [0.1, 0.15) is 5.82 Å². The van der Waals surface area contributed by atoms with Crippen LogP contribution in [0.25, 0.3) is 0 Å². The van der Waals surface area contributed by atoms with Crippen molar-refractivity contribution in [1.82, 2.24) is 10.3 Å². The molecule has 0 spiro atoms. The first-order chi connectivity index (χ1) is 14.0. The van der Waals surface area contributed by atoms with Crippen LogP contribution in [0.4, 0.5) is 25.1 Å². The van der Waals surface area contributed by atoms with Gasteiger partial charge in [0, 0.05) is 19.6 Å². The zero-order valence-corrected chi connectivity index (χ0v) is 16.2. The molecule has 9 heteroatoms. The molecule has 7 nitrogen and oxygen atoms in total. The largest absolute Gasteiger partial charge is 0.490 e. The summed E-state index contributed by atoms with van der Waals surface area (Å²) in [5.41, 5.74) is 1.27. The zero-order chi connectivity index (χ0) is 20.6. The van der Waals surface area contributed by atoms with E-state index in [-0.39, 0.29) is 18.0 Å². The number of anilines is 2. The van der Waals surface area contributed by atoms with E-state index < -0.39 is 12.6 Å². The minimum absolute atomic E-state index is 0.0424. The molecule has 0 radical (unpaired) electrons. The van der Waals surface area contributed by atoms with Gasteiger partial charge < -0.3 is 25.0 Å². The summed E-state index contributed by atoms with van der Waals surface area (Å²) < 4.78 is 34.7. The van der Waals surface area contributed by atoms with Crippen LogP contribution in [0.15, 0.2) is 36.5 Å². The molecule has 2 amide bonds. The molecule has 1 saturated heterocycles. The monoisotopic (exact) mass is 406 g/mol. The third-order valence-corrected chi connectivity index (χ3v) is 4.41.